The van der Waals surface area contributed by atoms with Crippen LogP contribution in [0.25, 0.3) is 0 Å². The number of nitrogens with zero attached hydrogens (tertiary/aromatic N) is 3. The maximum Gasteiger partial charge on any atom is 0.411 e. The van der Waals surface area contributed by atoms with Gasteiger partial charge in [0.05, 0.1) is 31.2 Å². The number of ether oxygens (including phenoxy) is 2. The molecule has 38 heavy (non-hydrogen) atoms. The minimum atomic E-state index is -0.645. The molecule has 0 radical (unpaired) electrons. The van der Waals surface area contributed by atoms with Crippen LogP contribution in [0.4, 0.5) is 9.18 Å². The molecule has 0 spiro atoms. The number of hydrogen-bond donors (Lipinski definition) is 0. The van der Waals surface area contributed by atoms with E-state index < -0.39 is 23.7 Å². The maximum atomic E-state index is 15.6. The SMILES string of the molecule is CC(C)(C)OC(=O)N1[C@@H]2CC[C@@H](C2)[C@H]1C(=O)C[C@H](C#N)Cc1ccc2c(c1F)CCC(N1CCOCC1)C2. The summed E-state index contributed by atoms with van der Waals surface area (Å²) >= 11 is 0. The van der Waals surface area contributed by atoms with Crippen LogP contribution in [0, 0.1) is 29.0 Å². The minimum absolute atomic E-state index is 0.0132. The number of fused-ring (bicyclic) bond motifs is 3. The Morgan fingerprint density at radius 3 is 2.66 bits per heavy atom. The van der Waals surface area contributed by atoms with Gasteiger partial charge >= 0.3 is 6.09 Å². The predicted octanol–water partition coefficient (Wildman–Crippen LogP) is 4.44. The Hall–Kier alpha value is -2.50. The highest BCUT2D eigenvalue weighted by Gasteiger charge is 2.52. The Morgan fingerprint density at radius 1 is 1.18 bits per heavy atom. The van der Waals surface area contributed by atoms with Crippen LogP contribution < -0.4 is 0 Å². The summed E-state index contributed by atoms with van der Waals surface area (Å²) in [6, 6.07) is 5.94. The van der Waals surface area contributed by atoms with Crippen molar-refractivity contribution >= 4 is 11.9 Å². The fourth-order valence-electron chi connectivity index (χ4n) is 7.02. The monoisotopic (exact) mass is 525 g/mol. The number of halogens is 1. The Morgan fingerprint density at radius 2 is 1.95 bits per heavy atom. The minimum Gasteiger partial charge on any atom is -0.444 e. The molecule has 1 aromatic rings. The van der Waals surface area contributed by atoms with Gasteiger partial charge in [0.25, 0.3) is 0 Å². The van der Waals surface area contributed by atoms with Crippen LogP contribution in [0.5, 0.6) is 0 Å². The van der Waals surface area contributed by atoms with Crippen LogP contribution in [0.3, 0.4) is 0 Å². The van der Waals surface area contributed by atoms with E-state index in [0.717, 1.165) is 69.5 Å². The summed E-state index contributed by atoms with van der Waals surface area (Å²) in [5, 5.41) is 9.90. The molecule has 1 amide bonds. The Kier molecular flexibility index (Phi) is 7.79. The van der Waals surface area contributed by atoms with Crippen molar-refractivity contribution in [2.24, 2.45) is 11.8 Å². The molecule has 8 heteroatoms. The van der Waals surface area contributed by atoms with E-state index in [9.17, 15) is 14.9 Å². The van der Waals surface area contributed by atoms with Gasteiger partial charge in [-0.05, 0) is 88.3 Å². The fourth-order valence-corrected chi connectivity index (χ4v) is 7.02. The molecule has 0 N–H and O–H groups in total. The van der Waals surface area contributed by atoms with E-state index in [1.165, 1.54) is 0 Å². The highest BCUT2D eigenvalue weighted by atomic mass is 19.1. The second-order valence-corrected chi connectivity index (χ2v) is 12.5. The van der Waals surface area contributed by atoms with Crippen molar-refractivity contribution in [1.29, 1.82) is 5.26 Å². The van der Waals surface area contributed by atoms with E-state index in [0.29, 0.717) is 18.0 Å². The third-order valence-corrected chi connectivity index (χ3v) is 8.78. The Balaban J connectivity index is 1.25. The predicted molar refractivity (Wildman–Crippen MR) is 140 cm³/mol. The summed E-state index contributed by atoms with van der Waals surface area (Å²) in [4.78, 5) is 30.5. The first-order valence-corrected chi connectivity index (χ1v) is 14.2. The van der Waals surface area contributed by atoms with Gasteiger partial charge in [-0.25, -0.2) is 9.18 Å². The molecule has 1 saturated carbocycles. The second kappa shape index (κ2) is 10.9. The lowest BCUT2D eigenvalue weighted by Gasteiger charge is -2.37. The first-order valence-electron chi connectivity index (χ1n) is 14.2. The highest BCUT2D eigenvalue weighted by molar-refractivity contribution is 5.89. The second-order valence-electron chi connectivity index (χ2n) is 12.5. The molecule has 5 atom stereocenters. The zero-order valence-corrected chi connectivity index (χ0v) is 22.9. The first kappa shape index (κ1) is 27.1. The summed E-state index contributed by atoms with van der Waals surface area (Å²) in [7, 11) is 0. The van der Waals surface area contributed by atoms with E-state index in [-0.39, 0.29) is 36.4 Å². The van der Waals surface area contributed by atoms with Gasteiger partial charge in [-0.15, -0.1) is 0 Å². The molecular formula is C30H40FN3O4. The van der Waals surface area contributed by atoms with Crippen molar-refractivity contribution in [2.75, 3.05) is 26.3 Å². The number of ketones is 1. The lowest BCUT2D eigenvalue weighted by molar-refractivity contribution is -0.126. The van der Waals surface area contributed by atoms with Crippen LogP contribution in [0.2, 0.25) is 0 Å². The van der Waals surface area contributed by atoms with Crippen molar-refractivity contribution in [3.63, 3.8) is 0 Å². The van der Waals surface area contributed by atoms with Crippen LogP contribution in [-0.2, 0) is 33.5 Å². The summed E-state index contributed by atoms with van der Waals surface area (Å²) < 4.78 is 26.7. The zero-order chi connectivity index (χ0) is 27.0. The number of amides is 1. The smallest absolute Gasteiger partial charge is 0.411 e. The highest BCUT2D eigenvalue weighted by Crippen LogP contribution is 2.44. The van der Waals surface area contributed by atoms with Crippen molar-refractivity contribution in [3.8, 4) is 6.07 Å². The largest absolute Gasteiger partial charge is 0.444 e. The molecule has 5 rings (SSSR count). The summed E-state index contributed by atoms with van der Waals surface area (Å²) in [6.07, 6.45) is 4.77. The van der Waals surface area contributed by atoms with Gasteiger partial charge in [-0.3, -0.25) is 14.6 Å². The molecule has 4 aliphatic rings. The number of carbonyl (C=O) groups is 2. The molecule has 1 unspecified atom stereocenters. The van der Waals surface area contributed by atoms with E-state index in [1.807, 2.05) is 26.8 Å². The topological polar surface area (TPSA) is 82.9 Å². The number of likely N-dealkylation sites (tertiary alicyclic amines) is 1. The van der Waals surface area contributed by atoms with Crippen molar-refractivity contribution in [3.05, 3.63) is 34.6 Å². The summed E-state index contributed by atoms with van der Waals surface area (Å²) in [6.45, 7) is 8.80. The standard InChI is InChI=1S/C30H40FN3O4/c1-30(2,3)38-29(36)34-24-7-6-22(17-24)28(34)26(35)15-19(18-32)14-21-5-4-20-16-23(8-9-25(20)27(21)31)33-10-12-37-13-11-33/h4-5,19,22-24,28H,6-17H2,1-3H3/t19-,22+,23?,24-,28+/m1/s1. The number of rotatable bonds is 6. The third-order valence-electron chi connectivity index (χ3n) is 8.78. The quantitative estimate of drug-likeness (QED) is 0.546. The van der Waals surface area contributed by atoms with Gasteiger partial charge in [0.2, 0.25) is 0 Å². The number of Topliss-reactive ketones (excluding diaryl/α,β-unsaturated/α-hetero) is 1. The van der Waals surface area contributed by atoms with Gasteiger partial charge in [0.15, 0.2) is 5.78 Å². The van der Waals surface area contributed by atoms with Gasteiger partial charge in [-0.1, -0.05) is 12.1 Å². The number of nitriles is 1. The molecule has 2 heterocycles. The van der Waals surface area contributed by atoms with E-state index in [4.69, 9.17) is 9.47 Å². The Labute approximate surface area is 225 Å². The molecule has 2 aliphatic heterocycles. The van der Waals surface area contributed by atoms with Gasteiger partial charge in [0.1, 0.15) is 11.4 Å². The van der Waals surface area contributed by atoms with Crippen molar-refractivity contribution in [2.45, 2.75) is 95.9 Å². The molecule has 206 valence electrons. The third kappa shape index (κ3) is 5.60. The normalized spacial score (nSPS) is 28.0. The maximum absolute atomic E-state index is 15.6. The van der Waals surface area contributed by atoms with E-state index >= 15 is 4.39 Å². The van der Waals surface area contributed by atoms with E-state index in [1.54, 1.807) is 11.0 Å². The lowest BCUT2D eigenvalue weighted by atomic mass is 9.83. The first-order chi connectivity index (χ1) is 18.1. The molecular weight excluding hydrogens is 485 g/mol. The van der Waals surface area contributed by atoms with Crippen LogP contribution in [0.15, 0.2) is 12.1 Å². The molecule has 0 aromatic heterocycles. The molecule has 2 saturated heterocycles. The average Bonchev–Trinajstić information content (AvgIpc) is 3.51. The molecule has 1 aromatic carbocycles. The van der Waals surface area contributed by atoms with Crippen LogP contribution in [-0.4, -0.2) is 71.7 Å². The van der Waals surface area contributed by atoms with E-state index in [2.05, 4.69) is 11.0 Å². The number of carbonyl (C=O) groups excluding carboxylic acids is 2. The van der Waals surface area contributed by atoms with Crippen molar-refractivity contribution in [1.82, 2.24) is 9.80 Å². The molecule has 3 fully saturated rings. The number of benzene rings is 1. The molecule has 7 nitrogen and oxygen atoms in total. The van der Waals surface area contributed by atoms with Gasteiger partial charge < -0.3 is 9.47 Å². The molecule has 2 bridgehead atoms. The Bertz CT molecular complexity index is 1100. The zero-order valence-electron chi connectivity index (χ0n) is 22.9. The lowest BCUT2D eigenvalue weighted by Crippen LogP contribution is -2.51. The van der Waals surface area contributed by atoms with Crippen molar-refractivity contribution < 1.29 is 23.5 Å². The fraction of sp³-hybridized carbons (Fsp3) is 0.700. The average molecular weight is 526 g/mol. The van der Waals surface area contributed by atoms with Gasteiger partial charge in [0, 0.05) is 31.6 Å². The van der Waals surface area contributed by atoms with Gasteiger partial charge in [-0.2, -0.15) is 5.26 Å². The number of morpholine rings is 1. The van der Waals surface area contributed by atoms with Crippen LogP contribution >= 0.6 is 0 Å². The van der Waals surface area contributed by atoms with Crippen LogP contribution in [0.1, 0.15) is 69.6 Å². The molecule has 2 aliphatic carbocycles. The summed E-state index contributed by atoms with van der Waals surface area (Å²) in [5.74, 6) is -0.856. The number of hydrogen-bond acceptors (Lipinski definition) is 6. The number of piperidine rings is 1. The summed E-state index contributed by atoms with van der Waals surface area (Å²) in [5.41, 5.74) is 1.67.